The van der Waals surface area contributed by atoms with Crippen LogP contribution < -0.4 is 10.9 Å². The summed E-state index contributed by atoms with van der Waals surface area (Å²) >= 11 is 1.15. The van der Waals surface area contributed by atoms with Gasteiger partial charge in [-0.1, -0.05) is 43.7 Å². The molecule has 2 N–H and O–H groups in total. The number of carbonyl (C=O) groups is 1. The Morgan fingerprint density at radius 2 is 1.96 bits per heavy atom. The number of thioether (sulfide) groups is 1. The van der Waals surface area contributed by atoms with Crippen LogP contribution in [-0.4, -0.2) is 26.8 Å². The Labute approximate surface area is 145 Å². The van der Waals surface area contributed by atoms with E-state index in [1.54, 1.807) is 6.92 Å². The van der Waals surface area contributed by atoms with Crippen molar-refractivity contribution in [1.82, 2.24) is 15.2 Å². The maximum absolute atomic E-state index is 12.0. The van der Waals surface area contributed by atoms with Gasteiger partial charge in [0.25, 0.3) is 5.56 Å². The van der Waals surface area contributed by atoms with Gasteiger partial charge < -0.3 is 5.32 Å². The number of aromatic amines is 1. The van der Waals surface area contributed by atoms with Crippen molar-refractivity contribution in [3.8, 4) is 0 Å². The SMILES string of the molecule is CCCCCc1ccc(NC(=O)CSc2nnc(C)c(=O)[nH]2)cc1. The van der Waals surface area contributed by atoms with Crippen LogP contribution in [0.4, 0.5) is 5.69 Å². The van der Waals surface area contributed by atoms with Crippen molar-refractivity contribution in [1.29, 1.82) is 0 Å². The lowest BCUT2D eigenvalue weighted by Crippen LogP contribution is -2.17. The summed E-state index contributed by atoms with van der Waals surface area (Å²) in [6.07, 6.45) is 4.70. The second-order valence-corrected chi connectivity index (χ2v) is 6.50. The van der Waals surface area contributed by atoms with E-state index in [-0.39, 0.29) is 17.2 Å². The number of H-pyrrole nitrogens is 1. The predicted molar refractivity (Wildman–Crippen MR) is 96.4 cm³/mol. The van der Waals surface area contributed by atoms with Crippen LogP contribution in [0.25, 0.3) is 0 Å². The van der Waals surface area contributed by atoms with Gasteiger partial charge in [-0.15, -0.1) is 10.2 Å². The zero-order valence-corrected chi connectivity index (χ0v) is 14.8. The Kier molecular flexibility index (Phi) is 6.99. The number of hydrogen-bond donors (Lipinski definition) is 2. The molecule has 1 heterocycles. The van der Waals surface area contributed by atoms with Crippen LogP contribution in [0.1, 0.15) is 37.4 Å². The number of nitrogens with one attached hydrogen (secondary N) is 2. The van der Waals surface area contributed by atoms with E-state index < -0.39 is 0 Å². The molecule has 0 aliphatic rings. The minimum Gasteiger partial charge on any atom is -0.325 e. The van der Waals surface area contributed by atoms with Crippen LogP contribution in [0, 0.1) is 6.92 Å². The first-order valence-electron chi connectivity index (χ1n) is 8.03. The van der Waals surface area contributed by atoms with Crippen LogP contribution in [0.2, 0.25) is 0 Å². The quantitative estimate of drug-likeness (QED) is 0.567. The van der Waals surface area contributed by atoms with Gasteiger partial charge in [0.1, 0.15) is 5.69 Å². The van der Waals surface area contributed by atoms with Crippen molar-refractivity contribution in [3.05, 3.63) is 45.9 Å². The van der Waals surface area contributed by atoms with Crippen LogP contribution in [-0.2, 0) is 11.2 Å². The molecule has 24 heavy (non-hydrogen) atoms. The van der Waals surface area contributed by atoms with E-state index in [0.29, 0.717) is 10.9 Å². The summed E-state index contributed by atoms with van der Waals surface area (Å²) in [7, 11) is 0. The Bertz CT molecular complexity index is 728. The van der Waals surface area contributed by atoms with E-state index in [2.05, 4.69) is 27.4 Å². The second-order valence-electron chi connectivity index (χ2n) is 5.54. The normalized spacial score (nSPS) is 10.6. The number of amides is 1. The lowest BCUT2D eigenvalue weighted by atomic mass is 10.1. The summed E-state index contributed by atoms with van der Waals surface area (Å²) in [6, 6.07) is 7.91. The van der Waals surface area contributed by atoms with Crippen LogP contribution >= 0.6 is 11.8 Å². The zero-order valence-electron chi connectivity index (χ0n) is 14.0. The number of rotatable bonds is 8. The Balaban J connectivity index is 1.81. The van der Waals surface area contributed by atoms with Gasteiger partial charge >= 0.3 is 0 Å². The largest absolute Gasteiger partial charge is 0.325 e. The monoisotopic (exact) mass is 346 g/mol. The number of carbonyl (C=O) groups excluding carboxylic acids is 1. The van der Waals surface area contributed by atoms with E-state index >= 15 is 0 Å². The van der Waals surface area contributed by atoms with Gasteiger partial charge in [0.05, 0.1) is 5.75 Å². The molecule has 0 saturated carbocycles. The standard InChI is InChI=1S/C17H22N4O2S/c1-3-4-5-6-13-7-9-14(10-8-13)18-15(22)11-24-17-19-16(23)12(2)20-21-17/h7-10H,3-6,11H2,1-2H3,(H,18,22)(H,19,21,23). The summed E-state index contributed by atoms with van der Waals surface area (Å²) in [6.45, 7) is 3.77. The number of anilines is 1. The molecule has 128 valence electrons. The second kappa shape index (κ2) is 9.22. The Morgan fingerprint density at radius 3 is 2.62 bits per heavy atom. The van der Waals surface area contributed by atoms with Crippen molar-refractivity contribution in [2.75, 3.05) is 11.1 Å². The molecule has 2 rings (SSSR count). The molecule has 0 radical (unpaired) electrons. The third-order valence-electron chi connectivity index (χ3n) is 3.49. The molecule has 0 saturated heterocycles. The average Bonchev–Trinajstić information content (AvgIpc) is 2.58. The van der Waals surface area contributed by atoms with Gasteiger partial charge in [0, 0.05) is 5.69 Å². The van der Waals surface area contributed by atoms with E-state index in [1.807, 2.05) is 24.3 Å². The van der Waals surface area contributed by atoms with Crippen molar-refractivity contribution in [2.45, 2.75) is 44.7 Å². The van der Waals surface area contributed by atoms with Crippen molar-refractivity contribution in [3.63, 3.8) is 0 Å². The van der Waals surface area contributed by atoms with Gasteiger partial charge in [0.2, 0.25) is 5.91 Å². The van der Waals surface area contributed by atoms with Crippen LogP contribution in [0.3, 0.4) is 0 Å². The molecule has 7 heteroatoms. The molecule has 6 nitrogen and oxygen atoms in total. The smallest absolute Gasteiger partial charge is 0.273 e. The molecular weight excluding hydrogens is 324 g/mol. The lowest BCUT2D eigenvalue weighted by molar-refractivity contribution is -0.113. The van der Waals surface area contributed by atoms with Crippen LogP contribution in [0.15, 0.2) is 34.2 Å². The van der Waals surface area contributed by atoms with Gasteiger partial charge in [-0.25, -0.2) is 0 Å². The Hall–Kier alpha value is -2.15. The van der Waals surface area contributed by atoms with Crippen molar-refractivity contribution < 1.29 is 4.79 Å². The van der Waals surface area contributed by atoms with Gasteiger partial charge in [-0.05, 0) is 37.5 Å². The fourth-order valence-electron chi connectivity index (χ4n) is 2.11. The highest BCUT2D eigenvalue weighted by atomic mass is 32.2. The summed E-state index contributed by atoms with van der Waals surface area (Å²) in [4.78, 5) is 26.0. The molecular formula is C17H22N4O2S. The number of unbranched alkanes of at least 4 members (excludes halogenated alkanes) is 2. The summed E-state index contributed by atoms with van der Waals surface area (Å²) in [5.74, 6) is 0.00770. The Morgan fingerprint density at radius 1 is 1.21 bits per heavy atom. The predicted octanol–water partition coefficient (Wildman–Crippen LogP) is 2.94. The zero-order chi connectivity index (χ0) is 17.4. The molecule has 0 aliphatic carbocycles. The molecule has 0 aliphatic heterocycles. The van der Waals surface area contributed by atoms with E-state index in [9.17, 15) is 9.59 Å². The molecule has 0 fully saturated rings. The summed E-state index contributed by atoms with van der Waals surface area (Å²) in [5, 5.41) is 10.7. The van der Waals surface area contributed by atoms with E-state index in [4.69, 9.17) is 0 Å². The third kappa shape index (κ3) is 5.81. The average molecular weight is 346 g/mol. The number of aryl methyl sites for hydroxylation is 2. The lowest BCUT2D eigenvalue weighted by Gasteiger charge is -2.06. The van der Waals surface area contributed by atoms with Gasteiger partial charge in [-0.3, -0.25) is 14.6 Å². The van der Waals surface area contributed by atoms with Crippen molar-refractivity contribution in [2.24, 2.45) is 0 Å². The molecule has 0 bridgehead atoms. The highest BCUT2D eigenvalue weighted by Crippen LogP contribution is 2.14. The first-order valence-corrected chi connectivity index (χ1v) is 9.02. The topological polar surface area (TPSA) is 87.7 Å². The molecule has 0 unspecified atom stereocenters. The third-order valence-corrected chi connectivity index (χ3v) is 4.35. The van der Waals surface area contributed by atoms with Gasteiger partial charge in [-0.2, -0.15) is 0 Å². The van der Waals surface area contributed by atoms with Crippen LogP contribution in [0.5, 0.6) is 0 Å². The molecule has 0 spiro atoms. The number of aromatic nitrogens is 3. The number of nitrogens with zero attached hydrogens (tertiary/aromatic N) is 2. The molecule has 2 aromatic rings. The molecule has 1 aromatic carbocycles. The summed E-state index contributed by atoms with van der Waals surface area (Å²) < 4.78 is 0. The fraction of sp³-hybridized carbons (Fsp3) is 0.412. The highest BCUT2D eigenvalue weighted by Gasteiger charge is 2.07. The molecule has 0 atom stereocenters. The van der Waals surface area contributed by atoms with E-state index in [1.165, 1.54) is 24.8 Å². The molecule has 1 aromatic heterocycles. The number of hydrogen-bond acceptors (Lipinski definition) is 5. The van der Waals surface area contributed by atoms with Gasteiger partial charge in [0.15, 0.2) is 5.16 Å². The van der Waals surface area contributed by atoms with Crippen molar-refractivity contribution >= 4 is 23.4 Å². The first kappa shape index (κ1) is 18.2. The van der Waals surface area contributed by atoms with E-state index in [0.717, 1.165) is 23.9 Å². The highest BCUT2D eigenvalue weighted by molar-refractivity contribution is 7.99. The minimum atomic E-state index is -0.286. The molecule has 1 amide bonds. The first-order chi connectivity index (χ1) is 11.6. The maximum Gasteiger partial charge on any atom is 0.273 e. The maximum atomic E-state index is 12.0. The minimum absolute atomic E-state index is 0.151. The fourth-order valence-corrected chi connectivity index (χ4v) is 2.71. The number of benzene rings is 1. The summed E-state index contributed by atoms with van der Waals surface area (Å²) in [5.41, 5.74) is 2.07.